The van der Waals surface area contributed by atoms with Gasteiger partial charge in [0, 0.05) is 5.88 Å². The van der Waals surface area contributed by atoms with E-state index in [1.807, 2.05) is 0 Å². The molecule has 0 aliphatic carbocycles. The molecule has 6 heteroatoms. The predicted octanol–water partition coefficient (Wildman–Crippen LogP) is 2.75. The van der Waals surface area contributed by atoms with E-state index in [9.17, 15) is 19.0 Å². The second-order valence-corrected chi connectivity index (χ2v) is 4.46. The Labute approximate surface area is 105 Å². The van der Waals surface area contributed by atoms with Crippen LogP contribution in [0.25, 0.3) is 0 Å². The number of benzene rings is 1. The number of hydrogen-bond acceptors (Lipinski definition) is 2. The van der Waals surface area contributed by atoms with Gasteiger partial charge in [0.15, 0.2) is 0 Å². The molecule has 1 rings (SSSR count). The molecule has 0 saturated heterocycles. The van der Waals surface area contributed by atoms with Crippen LogP contribution in [0.4, 0.5) is 8.78 Å². The van der Waals surface area contributed by atoms with Crippen molar-refractivity contribution >= 4 is 27.5 Å². The fourth-order valence-electron chi connectivity index (χ4n) is 1.24. The Morgan fingerprint density at radius 2 is 1.75 bits per heavy atom. The number of aliphatic hydroxyl groups is 2. The van der Waals surface area contributed by atoms with Gasteiger partial charge < -0.3 is 10.2 Å². The molecule has 0 radical (unpaired) electrons. The zero-order chi connectivity index (χ0) is 12.3. The zero-order valence-corrected chi connectivity index (χ0v) is 10.5. The molecular formula is C10H10BrClF2O2. The van der Waals surface area contributed by atoms with Crippen molar-refractivity contribution in [2.24, 2.45) is 0 Å². The van der Waals surface area contributed by atoms with Crippen LogP contribution in [0.1, 0.15) is 18.1 Å². The molecule has 0 fully saturated rings. The van der Waals surface area contributed by atoms with E-state index in [0.29, 0.717) is 0 Å². The molecule has 1 aromatic rings. The van der Waals surface area contributed by atoms with E-state index in [4.69, 9.17) is 11.6 Å². The largest absolute Gasteiger partial charge is 0.390 e. The maximum atomic E-state index is 13.1. The molecule has 2 N–H and O–H groups in total. The first-order chi connectivity index (χ1) is 7.47. The van der Waals surface area contributed by atoms with Gasteiger partial charge in [0.25, 0.3) is 0 Å². The molecule has 1 aromatic carbocycles. The number of halogens is 4. The maximum Gasteiger partial charge on any atom is 0.140 e. The van der Waals surface area contributed by atoms with Crippen LogP contribution in [-0.2, 0) is 0 Å². The summed E-state index contributed by atoms with van der Waals surface area (Å²) in [7, 11) is 0. The summed E-state index contributed by atoms with van der Waals surface area (Å²) in [6.07, 6.45) is -2.35. The van der Waals surface area contributed by atoms with Crippen molar-refractivity contribution < 1.29 is 19.0 Å². The van der Waals surface area contributed by atoms with E-state index in [1.165, 1.54) is 0 Å². The summed E-state index contributed by atoms with van der Waals surface area (Å²) < 4.78 is 26.0. The third-order valence-electron chi connectivity index (χ3n) is 2.12. The van der Waals surface area contributed by atoms with E-state index in [0.717, 1.165) is 12.1 Å². The minimum Gasteiger partial charge on any atom is -0.390 e. The molecule has 16 heavy (non-hydrogen) atoms. The highest BCUT2D eigenvalue weighted by Crippen LogP contribution is 2.26. The van der Waals surface area contributed by atoms with Gasteiger partial charge in [-0.2, -0.15) is 0 Å². The molecule has 0 aliphatic rings. The zero-order valence-electron chi connectivity index (χ0n) is 8.13. The van der Waals surface area contributed by atoms with E-state index in [2.05, 4.69) is 15.9 Å². The van der Waals surface area contributed by atoms with Gasteiger partial charge in [-0.15, -0.1) is 11.6 Å². The Balaban J connectivity index is 2.96. The Morgan fingerprint density at radius 3 is 2.19 bits per heavy atom. The highest BCUT2D eigenvalue weighted by atomic mass is 79.9. The molecule has 2 unspecified atom stereocenters. The summed E-state index contributed by atoms with van der Waals surface area (Å²) in [6.45, 7) is 0. The highest BCUT2D eigenvalue weighted by molar-refractivity contribution is 9.10. The minimum atomic E-state index is -1.35. The van der Waals surface area contributed by atoms with E-state index in [1.54, 1.807) is 0 Å². The Kier molecular flexibility index (Phi) is 5.11. The molecule has 0 aliphatic heterocycles. The van der Waals surface area contributed by atoms with Gasteiger partial charge in [-0.05, 0) is 40.0 Å². The lowest BCUT2D eigenvalue weighted by molar-refractivity contribution is 0.0166. The van der Waals surface area contributed by atoms with Gasteiger partial charge >= 0.3 is 0 Å². The third kappa shape index (κ3) is 3.13. The smallest absolute Gasteiger partial charge is 0.140 e. The number of alkyl halides is 1. The minimum absolute atomic E-state index is 0.0178. The first-order valence-corrected chi connectivity index (χ1v) is 5.86. The number of hydrogen-bond donors (Lipinski definition) is 2. The average Bonchev–Trinajstić information content (AvgIpc) is 2.24. The summed E-state index contributed by atoms with van der Waals surface area (Å²) in [4.78, 5) is 0. The normalized spacial score (nSPS) is 14.9. The van der Waals surface area contributed by atoms with Crippen molar-refractivity contribution in [1.29, 1.82) is 0 Å². The van der Waals surface area contributed by atoms with Crippen LogP contribution in [0.5, 0.6) is 0 Å². The lowest BCUT2D eigenvalue weighted by Crippen LogP contribution is -2.19. The van der Waals surface area contributed by atoms with Crippen LogP contribution in [0.2, 0.25) is 0 Å². The summed E-state index contributed by atoms with van der Waals surface area (Å²) in [5.74, 6) is -1.50. The van der Waals surface area contributed by atoms with Crippen LogP contribution in [0.3, 0.4) is 0 Å². The molecule has 0 saturated carbocycles. The molecule has 2 nitrogen and oxygen atoms in total. The fourth-order valence-corrected chi connectivity index (χ4v) is 1.69. The van der Waals surface area contributed by atoms with Gasteiger partial charge in [0.1, 0.15) is 17.7 Å². The second kappa shape index (κ2) is 5.91. The van der Waals surface area contributed by atoms with Gasteiger partial charge in [0.2, 0.25) is 0 Å². The lowest BCUT2D eigenvalue weighted by Gasteiger charge is -2.17. The highest BCUT2D eigenvalue weighted by Gasteiger charge is 2.20. The summed E-state index contributed by atoms with van der Waals surface area (Å²) in [5.41, 5.74) is -0.0178. The van der Waals surface area contributed by atoms with Crippen molar-refractivity contribution in [3.05, 3.63) is 33.8 Å². The van der Waals surface area contributed by atoms with Crippen LogP contribution in [0, 0.1) is 11.6 Å². The van der Waals surface area contributed by atoms with Crippen molar-refractivity contribution in [3.8, 4) is 0 Å². The topological polar surface area (TPSA) is 40.5 Å². The second-order valence-electron chi connectivity index (χ2n) is 3.29. The molecule has 0 spiro atoms. The van der Waals surface area contributed by atoms with Crippen molar-refractivity contribution in [2.45, 2.75) is 18.6 Å². The monoisotopic (exact) mass is 314 g/mol. The molecule has 0 aromatic heterocycles. The SMILES string of the molecule is OC(CCCl)C(O)c1cc(F)c(Br)c(F)c1. The third-order valence-corrected chi connectivity index (χ3v) is 3.09. The standard InChI is InChI=1S/C10H10BrClF2O2/c11-9-6(13)3-5(4-7(9)14)10(16)8(15)1-2-12/h3-4,8,10,15-16H,1-2H2. The van der Waals surface area contributed by atoms with E-state index < -0.39 is 23.8 Å². The Hall–Kier alpha value is -0.230. The Bertz CT molecular complexity index is 353. The quantitative estimate of drug-likeness (QED) is 0.662. The van der Waals surface area contributed by atoms with Crippen LogP contribution < -0.4 is 0 Å². The van der Waals surface area contributed by atoms with Crippen molar-refractivity contribution in [1.82, 2.24) is 0 Å². The summed E-state index contributed by atoms with van der Waals surface area (Å²) >= 11 is 8.10. The maximum absolute atomic E-state index is 13.1. The van der Waals surface area contributed by atoms with Gasteiger partial charge in [-0.3, -0.25) is 0 Å². The predicted molar refractivity (Wildman–Crippen MR) is 60.4 cm³/mol. The fraction of sp³-hybridized carbons (Fsp3) is 0.400. The number of rotatable bonds is 4. The van der Waals surface area contributed by atoms with E-state index in [-0.39, 0.29) is 22.3 Å². The molecule has 0 amide bonds. The molecule has 90 valence electrons. The first kappa shape index (κ1) is 13.8. The van der Waals surface area contributed by atoms with Gasteiger partial charge in [-0.1, -0.05) is 0 Å². The van der Waals surface area contributed by atoms with E-state index >= 15 is 0 Å². The van der Waals surface area contributed by atoms with Crippen molar-refractivity contribution in [3.63, 3.8) is 0 Å². The first-order valence-electron chi connectivity index (χ1n) is 4.54. The van der Waals surface area contributed by atoms with Crippen LogP contribution in [0.15, 0.2) is 16.6 Å². The molecule has 2 atom stereocenters. The molecular weight excluding hydrogens is 305 g/mol. The van der Waals surface area contributed by atoms with Crippen LogP contribution >= 0.6 is 27.5 Å². The average molecular weight is 316 g/mol. The molecule has 0 bridgehead atoms. The van der Waals surface area contributed by atoms with Gasteiger partial charge in [-0.25, -0.2) is 8.78 Å². The van der Waals surface area contributed by atoms with Crippen molar-refractivity contribution in [2.75, 3.05) is 5.88 Å². The summed E-state index contributed by atoms with van der Waals surface area (Å²) in [6, 6.07) is 1.94. The van der Waals surface area contributed by atoms with Gasteiger partial charge in [0.05, 0.1) is 10.6 Å². The Morgan fingerprint density at radius 1 is 1.25 bits per heavy atom. The summed E-state index contributed by atoms with van der Waals surface area (Å²) in [5, 5.41) is 19.0. The molecule has 0 heterocycles. The lowest BCUT2D eigenvalue weighted by atomic mass is 10.0. The van der Waals surface area contributed by atoms with Crippen LogP contribution in [-0.4, -0.2) is 22.2 Å². The number of aliphatic hydroxyl groups excluding tert-OH is 2.